The number of ether oxygens (including phenoxy) is 2. The van der Waals surface area contributed by atoms with E-state index in [1.165, 1.54) is 0 Å². The van der Waals surface area contributed by atoms with Crippen LogP contribution in [0.4, 0.5) is 0 Å². The SMILES string of the molecule is CCOC(CN)C(=O)N1CCOCC1. The molecule has 1 rings (SSSR count). The van der Waals surface area contributed by atoms with Gasteiger partial charge in [0.2, 0.25) is 0 Å². The summed E-state index contributed by atoms with van der Waals surface area (Å²) < 4.78 is 10.4. The monoisotopic (exact) mass is 202 g/mol. The fourth-order valence-corrected chi connectivity index (χ4v) is 1.43. The molecule has 0 aliphatic carbocycles. The number of morpholine rings is 1. The number of nitrogens with zero attached hydrogens (tertiary/aromatic N) is 1. The number of hydrogen-bond donors (Lipinski definition) is 1. The first-order chi connectivity index (χ1) is 6.79. The first-order valence-electron chi connectivity index (χ1n) is 4.97. The smallest absolute Gasteiger partial charge is 0.253 e. The topological polar surface area (TPSA) is 64.8 Å². The van der Waals surface area contributed by atoms with E-state index in [0.717, 1.165) is 0 Å². The molecule has 5 nitrogen and oxygen atoms in total. The van der Waals surface area contributed by atoms with Gasteiger partial charge < -0.3 is 20.1 Å². The van der Waals surface area contributed by atoms with E-state index in [-0.39, 0.29) is 12.5 Å². The van der Waals surface area contributed by atoms with Gasteiger partial charge in [0, 0.05) is 26.2 Å². The van der Waals surface area contributed by atoms with Crippen molar-refractivity contribution in [3.63, 3.8) is 0 Å². The van der Waals surface area contributed by atoms with E-state index in [1.54, 1.807) is 4.90 Å². The largest absolute Gasteiger partial charge is 0.378 e. The number of carbonyl (C=O) groups excluding carboxylic acids is 1. The van der Waals surface area contributed by atoms with E-state index >= 15 is 0 Å². The van der Waals surface area contributed by atoms with Crippen LogP contribution in [0.3, 0.4) is 0 Å². The zero-order chi connectivity index (χ0) is 10.4. The minimum Gasteiger partial charge on any atom is -0.378 e. The lowest BCUT2D eigenvalue weighted by Crippen LogP contribution is -2.48. The Morgan fingerprint density at radius 3 is 2.71 bits per heavy atom. The predicted octanol–water partition coefficient (Wildman–Crippen LogP) is -0.791. The highest BCUT2D eigenvalue weighted by atomic mass is 16.5. The van der Waals surface area contributed by atoms with E-state index in [2.05, 4.69) is 0 Å². The lowest BCUT2D eigenvalue weighted by atomic mass is 10.3. The van der Waals surface area contributed by atoms with Gasteiger partial charge in [0.1, 0.15) is 6.10 Å². The maximum Gasteiger partial charge on any atom is 0.253 e. The van der Waals surface area contributed by atoms with Crippen LogP contribution in [0, 0.1) is 0 Å². The highest BCUT2D eigenvalue weighted by Gasteiger charge is 2.24. The van der Waals surface area contributed by atoms with Crippen LogP contribution in [0.25, 0.3) is 0 Å². The van der Waals surface area contributed by atoms with Gasteiger partial charge in [-0.05, 0) is 6.92 Å². The Morgan fingerprint density at radius 2 is 2.21 bits per heavy atom. The van der Waals surface area contributed by atoms with Gasteiger partial charge in [-0.15, -0.1) is 0 Å². The van der Waals surface area contributed by atoms with Crippen molar-refractivity contribution in [2.24, 2.45) is 5.73 Å². The van der Waals surface area contributed by atoms with Crippen molar-refractivity contribution in [3.8, 4) is 0 Å². The molecule has 0 bridgehead atoms. The zero-order valence-electron chi connectivity index (χ0n) is 8.57. The summed E-state index contributed by atoms with van der Waals surface area (Å²) in [7, 11) is 0. The molecule has 0 spiro atoms. The molecule has 0 aromatic heterocycles. The summed E-state index contributed by atoms with van der Waals surface area (Å²) in [6, 6.07) is 0. The molecule has 0 aromatic carbocycles. The Morgan fingerprint density at radius 1 is 1.57 bits per heavy atom. The van der Waals surface area contributed by atoms with Crippen molar-refractivity contribution < 1.29 is 14.3 Å². The molecule has 82 valence electrons. The van der Waals surface area contributed by atoms with E-state index in [4.69, 9.17) is 15.2 Å². The van der Waals surface area contributed by atoms with Gasteiger partial charge in [0.05, 0.1) is 13.2 Å². The van der Waals surface area contributed by atoms with Crippen LogP contribution < -0.4 is 5.73 Å². The Bertz CT molecular complexity index is 174. The molecule has 1 saturated heterocycles. The van der Waals surface area contributed by atoms with Crippen LogP contribution in [0.2, 0.25) is 0 Å². The highest BCUT2D eigenvalue weighted by Crippen LogP contribution is 2.02. The summed E-state index contributed by atoms with van der Waals surface area (Å²) in [5.74, 6) is -0.0161. The van der Waals surface area contributed by atoms with Crippen LogP contribution in [0.1, 0.15) is 6.92 Å². The van der Waals surface area contributed by atoms with Gasteiger partial charge in [-0.2, -0.15) is 0 Å². The minimum atomic E-state index is -0.488. The fraction of sp³-hybridized carbons (Fsp3) is 0.889. The van der Waals surface area contributed by atoms with Crippen LogP contribution in [0.5, 0.6) is 0 Å². The number of amides is 1. The number of carbonyl (C=O) groups is 1. The summed E-state index contributed by atoms with van der Waals surface area (Å²) >= 11 is 0. The average molecular weight is 202 g/mol. The number of hydrogen-bond acceptors (Lipinski definition) is 4. The first kappa shape index (κ1) is 11.4. The van der Waals surface area contributed by atoms with Gasteiger partial charge in [0.15, 0.2) is 0 Å². The van der Waals surface area contributed by atoms with E-state index in [1.807, 2.05) is 6.92 Å². The number of nitrogens with two attached hydrogens (primary N) is 1. The molecular formula is C9H18N2O3. The standard InChI is InChI=1S/C9H18N2O3/c1-2-14-8(7-10)9(12)11-3-5-13-6-4-11/h8H,2-7,10H2,1H3. The minimum absolute atomic E-state index is 0.0161. The van der Waals surface area contributed by atoms with E-state index in [0.29, 0.717) is 32.9 Å². The van der Waals surface area contributed by atoms with Crippen molar-refractivity contribution in [3.05, 3.63) is 0 Å². The fourth-order valence-electron chi connectivity index (χ4n) is 1.43. The summed E-state index contributed by atoms with van der Waals surface area (Å²) in [5.41, 5.74) is 5.46. The van der Waals surface area contributed by atoms with Gasteiger partial charge >= 0.3 is 0 Å². The Labute approximate surface area is 84.1 Å². The molecule has 1 atom stereocenters. The maximum atomic E-state index is 11.8. The van der Waals surface area contributed by atoms with Gasteiger partial charge in [-0.3, -0.25) is 4.79 Å². The third-order valence-electron chi connectivity index (χ3n) is 2.18. The molecule has 1 aliphatic rings. The first-order valence-corrected chi connectivity index (χ1v) is 4.97. The van der Waals surface area contributed by atoms with Crippen LogP contribution in [-0.2, 0) is 14.3 Å². The van der Waals surface area contributed by atoms with Gasteiger partial charge in [0.25, 0.3) is 5.91 Å². The predicted molar refractivity (Wildman–Crippen MR) is 51.9 cm³/mol. The molecule has 1 aliphatic heterocycles. The van der Waals surface area contributed by atoms with Gasteiger partial charge in [-0.25, -0.2) is 0 Å². The second-order valence-corrected chi connectivity index (χ2v) is 3.12. The Balaban J connectivity index is 2.43. The molecule has 1 fully saturated rings. The van der Waals surface area contributed by atoms with Crippen LogP contribution >= 0.6 is 0 Å². The molecule has 0 aromatic rings. The second kappa shape index (κ2) is 5.95. The molecular weight excluding hydrogens is 184 g/mol. The lowest BCUT2D eigenvalue weighted by Gasteiger charge is -2.29. The van der Waals surface area contributed by atoms with Crippen molar-refractivity contribution in [1.82, 2.24) is 4.90 Å². The molecule has 1 heterocycles. The summed E-state index contributed by atoms with van der Waals surface area (Å²) in [5, 5.41) is 0. The zero-order valence-corrected chi connectivity index (χ0v) is 8.57. The highest BCUT2D eigenvalue weighted by molar-refractivity contribution is 5.81. The van der Waals surface area contributed by atoms with Crippen molar-refractivity contribution in [2.75, 3.05) is 39.5 Å². The third-order valence-corrected chi connectivity index (χ3v) is 2.18. The van der Waals surface area contributed by atoms with Crippen LogP contribution in [0.15, 0.2) is 0 Å². The normalized spacial score (nSPS) is 19.4. The van der Waals surface area contributed by atoms with E-state index in [9.17, 15) is 4.79 Å². The summed E-state index contributed by atoms with van der Waals surface area (Å²) in [6.07, 6.45) is -0.488. The molecule has 5 heteroatoms. The summed E-state index contributed by atoms with van der Waals surface area (Å²) in [6.45, 7) is 5.10. The molecule has 1 amide bonds. The molecule has 1 unspecified atom stereocenters. The number of rotatable bonds is 4. The van der Waals surface area contributed by atoms with E-state index < -0.39 is 6.10 Å². The van der Waals surface area contributed by atoms with Crippen molar-refractivity contribution in [1.29, 1.82) is 0 Å². The third kappa shape index (κ3) is 2.94. The Hall–Kier alpha value is -0.650. The summed E-state index contributed by atoms with van der Waals surface area (Å²) in [4.78, 5) is 13.5. The quantitative estimate of drug-likeness (QED) is 0.649. The lowest BCUT2D eigenvalue weighted by molar-refractivity contribution is -0.146. The average Bonchev–Trinajstić information content (AvgIpc) is 2.26. The second-order valence-electron chi connectivity index (χ2n) is 3.12. The van der Waals surface area contributed by atoms with Gasteiger partial charge in [-0.1, -0.05) is 0 Å². The molecule has 0 radical (unpaired) electrons. The molecule has 2 N–H and O–H groups in total. The Kier molecular flexibility index (Phi) is 4.86. The van der Waals surface area contributed by atoms with Crippen molar-refractivity contribution in [2.45, 2.75) is 13.0 Å². The molecule has 14 heavy (non-hydrogen) atoms. The molecule has 0 saturated carbocycles. The van der Waals surface area contributed by atoms with Crippen LogP contribution in [-0.4, -0.2) is 56.4 Å². The maximum absolute atomic E-state index is 11.8. The van der Waals surface area contributed by atoms with Crippen molar-refractivity contribution >= 4 is 5.91 Å².